The van der Waals surface area contributed by atoms with Crippen molar-refractivity contribution in [1.82, 2.24) is 9.97 Å². The van der Waals surface area contributed by atoms with Gasteiger partial charge in [0.2, 0.25) is 0 Å². The van der Waals surface area contributed by atoms with Gasteiger partial charge in [-0.05, 0) is 79.8 Å². The number of benzene rings is 3. The summed E-state index contributed by atoms with van der Waals surface area (Å²) >= 11 is 0. The highest BCUT2D eigenvalue weighted by atomic mass is 14.6. The molecule has 5 rings (SSSR count). The summed E-state index contributed by atoms with van der Waals surface area (Å²) in [5.41, 5.74) is 11.1. The lowest BCUT2D eigenvalue weighted by atomic mass is 9.77. The van der Waals surface area contributed by atoms with Crippen LogP contribution in [0.1, 0.15) is 26.3 Å². The first-order chi connectivity index (χ1) is 16.5. The molecule has 2 heterocycles. The largest absolute Gasteiger partial charge is 0.265 e. The molecule has 0 aliphatic heterocycles. The highest BCUT2D eigenvalue weighted by molar-refractivity contribution is 5.82. The van der Waals surface area contributed by atoms with Gasteiger partial charge in [0.15, 0.2) is 0 Å². The molecule has 0 saturated carbocycles. The van der Waals surface area contributed by atoms with Crippen molar-refractivity contribution in [2.45, 2.75) is 26.2 Å². The molecular weight excluding hydrogens is 412 g/mol. The van der Waals surface area contributed by atoms with Crippen LogP contribution < -0.4 is 0 Å². The topological polar surface area (TPSA) is 25.8 Å². The molecule has 2 nitrogen and oxygen atoms in total. The van der Waals surface area contributed by atoms with Gasteiger partial charge in [-0.25, -0.2) is 0 Å². The third kappa shape index (κ3) is 4.40. The standard InChI is InChI=1S/C32H28N2/c1-32(2,3)31-29(27-11-7-23(8-12-27)25-15-19-33-20-16-25)5-4-6-30(31)28-13-9-24(10-14-28)26-17-21-34-22-18-26/h4-22H,1-3H3. The van der Waals surface area contributed by atoms with E-state index in [0.29, 0.717) is 0 Å². The fourth-order valence-corrected chi connectivity index (χ4v) is 4.61. The van der Waals surface area contributed by atoms with Gasteiger partial charge in [-0.15, -0.1) is 0 Å². The first-order valence-corrected chi connectivity index (χ1v) is 11.7. The van der Waals surface area contributed by atoms with E-state index in [-0.39, 0.29) is 5.41 Å². The first kappa shape index (κ1) is 21.8. The number of hydrogen-bond acceptors (Lipinski definition) is 2. The van der Waals surface area contributed by atoms with E-state index in [1.807, 2.05) is 49.1 Å². The molecule has 0 amide bonds. The van der Waals surface area contributed by atoms with E-state index in [4.69, 9.17) is 0 Å². The second-order valence-electron chi connectivity index (χ2n) is 9.60. The molecule has 0 saturated heterocycles. The Hall–Kier alpha value is -4.04. The van der Waals surface area contributed by atoms with Gasteiger partial charge in [-0.1, -0.05) is 87.5 Å². The fourth-order valence-electron chi connectivity index (χ4n) is 4.61. The van der Waals surface area contributed by atoms with Crippen LogP contribution in [0.3, 0.4) is 0 Å². The molecule has 0 atom stereocenters. The molecule has 0 N–H and O–H groups in total. The van der Waals surface area contributed by atoms with Crippen molar-refractivity contribution in [3.05, 3.63) is 121 Å². The van der Waals surface area contributed by atoms with Crippen LogP contribution in [0.5, 0.6) is 0 Å². The number of pyridine rings is 2. The van der Waals surface area contributed by atoms with E-state index in [0.717, 1.165) is 0 Å². The maximum absolute atomic E-state index is 4.13. The molecule has 0 spiro atoms. The van der Waals surface area contributed by atoms with Crippen LogP contribution in [-0.2, 0) is 5.41 Å². The second-order valence-corrected chi connectivity index (χ2v) is 9.60. The lowest BCUT2D eigenvalue weighted by Crippen LogP contribution is -2.14. The highest BCUT2D eigenvalue weighted by Crippen LogP contribution is 2.41. The summed E-state index contributed by atoms with van der Waals surface area (Å²) in [4.78, 5) is 8.27. The number of rotatable bonds is 4. The van der Waals surface area contributed by atoms with E-state index in [1.54, 1.807) is 0 Å². The van der Waals surface area contributed by atoms with E-state index in [1.165, 1.54) is 50.1 Å². The third-order valence-electron chi connectivity index (χ3n) is 6.23. The summed E-state index contributed by atoms with van der Waals surface area (Å²) in [6.07, 6.45) is 7.35. The Morgan fingerprint density at radius 3 is 1.09 bits per heavy atom. The number of aromatic nitrogens is 2. The average molecular weight is 441 g/mol. The Bertz CT molecular complexity index is 1280. The van der Waals surface area contributed by atoms with E-state index in [9.17, 15) is 0 Å². The summed E-state index contributed by atoms with van der Waals surface area (Å²) in [6.45, 7) is 6.89. The van der Waals surface area contributed by atoms with Crippen molar-refractivity contribution in [3.63, 3.8) is 0 Å². The summed E-state index contributed by atoms with van der Waals surface area (Å²) in [6, 6.07) is 32.6. The molecule has 166 valence electrons. The monoisotopic (exact) mass is 440 g/mol. The molecule has 2 aromatic heterocycles. The summed E-state index contributed by atoms with van der Waals surface area (Å²) in [5, 5.41) is 0. The second kappa shape index (κ2) is 9.07. The molecule has 0 radical (unpaired) electrons. The van der Waals surface area contributed by atoms with E-state index >= 15 is 0 Å². The molecule has 34 heavy (non-hydrogen) atoms. The maximum atomic E-state index is 4.13. The summed E-state index contributed by atoms with van der Waals surface area (Å²) in [5.74, 6) is 0. The average Bonchev–Trinajstić information content (AvgIpc) is 2.89. The third-order valence-corrected chi connectivity index (χ3v) is 6.23. The Labute approximate surface area is 202 Å². The van der Waals surface area contributed by atoms with E-state index in [2.05, 4.69) is 97.5 Å². The lowest BCUT2D eigenvalue weighted by Gasteiger charge is -2.27. The fraction of sp³-hybridized carbons (Fsp3) is 0.125. The molecular formula is C32H28N2. The molecule has 0 aliphatic carbocycles. The molecule has 0 unspecified atom stereocenters. The number of hydrogen-bond donors (Lipinski definition) is 0. The van der Waals surface area contributed by atoms with Gasteiger partial charge < -0.3 is 0 Å². The lowest BCUT2D eigenvalue weighted by molar-refractivity contribution is 0.593. The SMILES string of the molecule is CC(C)(C)c1c(-c2ccc(-c3ccncc3)cc2)cccc1-c1ccc(-c2ccncc2)cc1. The van der Waals surface area contributed by atoms with Crippen LogP contribution in [0.25, 0.3) is 44.5 Å². The zero-order chi connectivity index (χ0) is 23.5. The van der Waals surface area contributed by atoms with Crippen molar-refractivity contribution in [2.24, 2.45) is 0 Å². The van der Waals surface area contributed by atoms with Gasteiger partial charge >= 0.3 is 0 Å². The normalized spacial score (nSPS) is 11.4. The molecule has 5 aromatic rings. The Morgan fingerprint density at radius 1 is 0.412 bits per heavy atom. The van der Waals surface area contributed by atoms with Crippen LogP contribution in [0.4, 0.5) is 0 Å². The zero-order valence-electron chi connectivity index (χ0n) is 19.9. The van der Waals surface area contributed by atoms with Crippen LogP contribution in [0.2, 0.25) is 0 Å². The van der Waals surface area contributed by atoms with Gasteiger partial charge in [0, 0.05) is 24.8 Å². The number of nitrogens with zero attached hydrogens (tertiary/aromatic N) is 2. The van der Waals surface area contributed by atoms with Crippen molar-refractivity contribution >= 4 is 0 Å². The summed E-state index contributed by atoms with van der Waals surface area (Å²) < 4.78 is 0. The maximum Gasteiger partial charge on any atom is 0.0273 e. The van der Waals surface area contributed by atoms with Crippen molar-refractivity contribution in [3.8, 4) is 44.5 Å². The van der Waals surface area contributed by atoms with Gasteiger partial charge in [-0.2, -0.15) is 0 Å². The molecule has 0 fully saturated rings. The predicted octanol–water partition coefficient (Wildman–Crippen LogP) is 8.44. The molecule has 2 heteroatoms. The van der Waals surface area contributed by atoms with Crippen molar-refractivity contribution in [1.29, 1.82) is 0 Å². The van der Waals surface area contributed by atoms with Crippen LogP contribution >= 0.6 is 0 Å². The van der Waals surface area contributed by atoms with Crippen molar-refractivity contribution in [2.75, 3.05) is 0 Å². The minimum atomic E-state index is -0.0144. The van der Waals surface area contributed by atoms with Gasteiger partial charge in [0.05, 0.1) is 0 Å². The molecule has 0 aliphatic rings. The first-order valence-electron chi connectivity index (χ1n) is 11.7. The molecule has 3 aromatic carbocycles. The Kier molecular flexibility index (Phi) is 5.81. The Morgan fingerprint density at radius 2 is 0.735 bits per heavy atom. The zero-order valence-corrected chi connectivity index (χ0v) is 19.9. The minimum absolute atomic E-state index is 0.0144. The Balaban J connectivity index is 1.57. The summed E-state index contributed by atoms with van der Waals surface area (Å²) in [7, 11) is 0. The van der Waals surface area contributed by atoms with Crippen LogP contribution in [0, 0.1) is 0 Å². The molecule has 0 bridgehead atoms. The van der Waals surface area contributed by atoms with Gasteiger partial charge in [0.1, 0.15) is 0 Å². The van der Waals surface area contributed by atoms with Crippen LogP contribution in [-0.4, -0.2) is 9.97 Å². The van der Waals surface area contributed by atoms with Crippen LogP contribution in [0.15, 0.2) is 116 Å². The highest BCUT2D eigenvalue weighted by Gasteiger charge is 2.23. The minimum Gasteiger partial charge on any atom is -0.265 e. The van der Waals surface area contributed by atoms with E-state index < -0.39 is 0 Å². The predicted molar refractivity (Wildman–Crippen MR) is 142 cm³/mol. The van der Waals surface area contributed by atoms with Gasteiger partial charge in [0.25, 0.3) is 0 Å². The van der Waals surface area contributed by atoms with Crippen molar-refractivity contribution < 1.29 is 0 Å². The van der Waals surface area contributed by atoms with Gasteiger partial charge in [-0.3, -0.25) is 9.97 Å². The quantitative estimate of drug-likeness (QED) is 0.280. The smallest absolute Gasteiger partial charge is 0.0273 e.